The Balaban J connectivity index is 2.06. The SMILES string of the molecule is O=C(O)c1ccccc1-c1nc2n(n1)CC(O)CC2. The van der Waals surface area contributed by atoms with Gasteiger partial charge in [-0.15, -0.1) is 0 Å². The summed E-state index contributed by atoms with van der Waals surface area (Å²) in [5.74, 6) is 0.200. The molecule has 0 bridgehead atoms. The second-order valence-electron chi connectivity index (χ2n) is 4.58. The van der Waals surface area contributed by atoms with E-state index in [9.17, 15) is 9.90 Å². The number of hydrogen-bond acceptors (Lipinski definition) is 4. The Hall–Kier alpha value is -2.21. The molecule has 1 aliphatic heterocycles. The van der Waals surface area contributed by atoms with Crippen molar-refractivity contribution in [2.75, 3.05) is 0 Å². The van der Waals surface area contributed by atoms with Crippen molar-refractivity contribution < 1.29 is 15.0 Å². The van der Waals surface area contributed by atoms with Crippen LogP contribution in [-0.4, -0.2) is 37.1 Å². The molecule has 2 N–H and O–H groups in total. The van der Waals surface area contributed by atoms with E-state index in [2.05, 4.69) is 10.1 Å². The van der Waals surface area contributed by atoms with Crippen molar-refractivity contribution in [2.24, 2.45) is 0 Å². The van der Waals surface area contributed by atoms with Crippen LogP contribution in [0.5, 0.6) is 0 Å². The van der Waals surface area contributed by atoms with Crippen LogP contribution in [0.1, 0.15) is 22.6 Å². The zero-order valence-electron chi connectivity index (χ0n) is 10.2. The number of benzene rings is 1. The van der Waals surface area contributed by atoms with Crippen molar-refractivity contribution in [2.45, 2.75) is 25.5 Å². The highest BCUT2D eigenvalue weighted by Gasteiger charge is 2.22. The summed E-state index contributed by atoms with van der Waals surface area (Å²) >= 11 is 0. The molecular formula is C13H13N3O3. The summed E-state index contributed by atoms with van der Waals surface area (Å²) in [6.07, 6.45) is 0.916. The molecule has 1 aliphatic rings. The number of carboxylic acids is 1. The summed E-state index contributed by atoms with van der Waals surface area (Å²) in [7, 11) is 0. The Morgan fingerprint density at radius 1 is 1.37 bits per heavy atom. The maximum Gasteiger partial charge on any atom is 0.336 e. The quantitative estimate of drug-likeness (QED) is 0.838. The third-order valence-electron chi connectivity index (χ3n) is 3.23. The van der Waals surface area contributed by atoms with E-state index in [-0.39, 0.29) is 5.56 Å². The zero-order valence-corrected chi connectivity index (χ0v) is 10.2. The topological polar surface area (TPSA) is 88.2 Å². The lowest BCUT2D eigenvalue weighted by molar-refractivity contribution is 0.0697. The summed E-state index contributed by atoms with van der Waals surface area (Å²) in [4.78, 5) is 15.6. The van der Waals surface area contributed by atoms with E-state index in [4.69, 9.17) is 5.11 Å². The number of aliphatic hydroxyl groups excluding tert-OH is 1. The normalized spacial score (nSPS) is 18.1. The molecule has 0 saturated carbocycles. The van der Waals surface area contributed by atoms with Gasteiger partial charge in [-0.1, -0.05) is 18.2 Å². The van der Waals surface area contributed by atoms with Gasteiger partial charge in [-0.3, -0.25) is 0 Å². The third kappa shape index (κ3) is 2.10. The molecule has 1 aromatic carbocycles. The standard InChI is InChI=1S/C13H13N3O3/c17-8-5-6-11-14-12(15-16(11)7-8)9-3-1-2-4-10(9)13(18)19/h1-4,8,17H,5-7H2,(H,18,19). The summed E-state index contributed by atoms with van der Waals surface area (Å²) in [6.45, 7) is 0.414. The van der Waals surface area contributed by atoms with Crippen molar-refractivity contribution in [1.82, 2.24) is 14.8 Å². The van der Waals surface area contributed by atoms with Gasteiger partial charge in [0.25, 0.3) is 0 Å². The first-order chi connectivity index (χ1) is 9.15. The molecule has 98 valence electrons. The van der Waals surface area contributed by atoms with Crippen molar-refractivity contribution >= 4 is 5.97 Å². The Morgan fingerprint density at radius 3 is 2.95 bits per heavy atom. The number of carboxylic acid groups (broad SMARTS) is 1. The lowest BCUT2D eigenvalue weighted by atomic mass is 10.1. The molecule has 6 nitrogen and oxygen atoms in total. The fourth-order valence-corrected chi connectivity index (χ4v) is 2.27. The summed E-state index contributed by atoms with van der Waals surface area (Å²) in [6, 6.07) is 6.66. The number of aliphatic hydroxyl groups is 1. The molecule has 6 heteroatoms. The molecule has 2 heterocycles. The number of carbonyl (C=O) groups is 1. The van der Waals surface area contributed by atoms with Gasteiger partial charge in [0.1, 0.15) is 5.82 Å². The number of rotatable bonds is 2. The Bertz CT molecular complexity index is 636. The van der Waals surface area contributed by atoms with E-state index < -0.39 is 12.1 Å². The van der Waals surface area contributed by atoms with Gasteiger partial charge < -0.3 is 10.2 Å². The van der Waals surface area contributed by atoms with E-state index in [1.54, 1.807) is 22.9 Å². The molecule has 0 saturated heterocycles. The molecule has 0 fully saturated rings. The van der Waals surface area contributed by atoms with Gasteiger partial charge in [0.05, 0.1) is 18.2 Å². The second-order valence-corrected chi connectivity index (χ2v) is 4.58. The highest BCUT2D eigenvalue weighted by atomic mass is 16.4. The average molecular weight is 259 g/mol. The average Bonchev–Trinajstić information content (AvgIpc) is 2.81. The molecule has 0 aliphatic carbocycles. The number of hydrogen-bond donors (Lipinski definition) is 2. The van der Waals surface area contributed by atoms with Gasteiger partial charge in [-0.25, -0.2) is 14.5 Å². The Labute approximate surface area is 109 Å². The lowest BCUT2D eigenvalue weighted by Gasteiger charge is -2.16. The first-order valence-electron chi connectivity index (χ1n) is 6.09. The van der Waals surface area contributed by atoms with E-state index >= 15 is 0 Å². The van der Waals surface area contributed by atoms with Crippen LogP contribution in [0.2, 0.25) is 0 Å². The summed E-state index contributed by atoms with van der Waals surface area (Å²) in [5, 5.41) is 23.1. The molecule has 1 aromatic heterocycles. The third-order valence-corrected chi connectivity index (χ3v) is 3.23. The molecule has 0 amide bonds. The predicted octanol–water partition coefficient (Wildman–Crippen LogP) is 0.950. The lowest BCUT2D eigenvalue weighted by Crippen LogP contribution is -2.25. The number of aromatic nitrogens is 3. The fraction of sp³-hybridized carbons (Fsp3) is 0.308. The van der Waals surface area contributed by atoms with Crippen LogP contribution in [0.4, 0.5) is 0 Å². The number of nitrogens with zero attached hydrogens (tertiary/aromatic N) is 3. The Morgan fingerprint density at radius 2 is 2.16 bits per heavy atom. The van der Waals surface area contributed by atoms with Crippen molar-refractivity contribution in [3.8, 4) is 11.4 Å². The van der Waals surface area contributed by atoms with Gasteiger partial charge in [0.15, 0.2) is 5.82 Å². The minimum absolute atomic E-state index is 0.186. The number of aromatic carboxylic acids is 1. The largest absolute Gasteiger partial charge is 0.478 e. The van der Waals surface area contributed by atoms with Gasteiger partial charge in [0, 0.05) is 12.0 Å². The smallest absolute Gasteiger partial charge is 0.336 e. The van der Waals surface area contributed by atoms with Crippen LogP contribution >= 0.6 is 0 Å². The monoisotopic (exact) mass is 259 g/mol. The van der Waals surface area contributed by atoms with Crippen LogP contribution in [0.3, 0.4) is 0 Å². The molecular weight excluding hydrogens is 246 g/mol. The van der Waals surface area contributed by atoms with E-state index in [1.807, 2.05) is 0 Å². The van der Waals surface area contributed by atoms with Gasteiger partial charge in [-0.2, -0.15) is 5.10 Å². The van der Waals surface area contributed by atoms with Gasteiger partial charge in [-0.05, 0) is 12.5 Å². The van der Waals surface area contributed by atoms with E-state index in [0.29, 0.717) is 30.8 Å². The zero-order chi connectivity index (χ0) is 13.4. The molecule has 3 rings (SSSR count). The van der Waals surface area contributed by atoms with E-state index in [1.165, 1.54) is 6.07 Å². The molecule has 19 heavy (non-hydrogen) atoms. The van der Waals surface area contributed by atoms with Crippen molar-refractivity contribution in [3.05, 3.63) is 35.7 Å². The maximum absolute atomic E-state index is 11.2. The van der Waals surface area contributed by atoms with Crippen LogP contribution < -0.4 is 0 Å². The Kier molecular flexibility index (Phi) is 2.79. The van der Waals surface area contributed by atoms with Gasteiger partial charge >= 0.3 is 5.97 Å². The highest BCUT2D eigenvalue weighted by Crippen LogP contribution is 2.23. The molecule has 1 atom stereocenters. The van der Waals surface area contributed by atoms with Crippen molar-refractivity contribution in [1.29, 1.82) is 0 Å². The van der Waals surface area contributed by atoms with Crippen molar-refractivity contribution in [3.63, 3.8) is 0 Å². The van der Waals surface area contributed by atoms with Gasteiger partial charge in [0.2, 0.25) is 0 Å². The second kappa shape index (κ2) is 4.47. The molecule has 0 radical (unpaired) electrons. The minimum Gasteiger partial charge on any atom is -0.478 e. The van der Waals surface area contributed by atoms with Crippen LogP contribution in [-0.2, 0) is 13.0 Å². The minimum atomic E-state index is -0.997. The predicted molar refractivity (Wildman–Crippen MR) is 66.7 cm³/mol. The van der Waals surface area contributed by atoms with Crippen LogP contribution in [0.25, 0.3) is 11.4 Å². The highest BCUT2D eigenvalue weighted by molar-refractivity contribution is 5.94. The number of fused-ring (bicyclic) bond motifs is 1. The summed E-state index contributed by atoms with van der Waals surface area (Å²) < 4.78 is 1.65. The van der Waals surface area contributed by atoms with E-state index in [0.717, 1.165) is 5.82 Å². The molecule has 0 spiro atoms. The number of aryl methyl sites for hydroxylation is 1. The fourth-order valence-electron chi connectivity index (χ4n) is 2.27. The first kappa shape index (κ1) is 11.9. The molecule has 1 unspecified atom stereocenters. The van der Waals surface area contributed by atoms with Crippen LogP contribution in [0, 0.1) is 0 Å². The maximum atomic E-state index is 11.2. The van der Waals surface area contributed by atoms with Crippen LogP contribution in [0.15, 0.2) is 24.3 Å². The first-order valence-corrected chi connectivity index (χ1v) is 6.09. The summed E-state index contributed by atoms with van der Waals surface area (Å²) in [5.41, 5.74) is 0.692. The molecule has 2 aromatic rings.